The quantitative estimate of drug-likeness (QED) is 0.217. The second-order valence-electron chi connectivity index (χ2n) is 16.0. The van der Waals surface area contributed by atoms with Crippen LogP contribution in [-0.4, -0.2) is 87.8 Å². The van der Waals surface area contributed by atoms with Crippen molar-refractivity contribution in [1.82, 2.24) is 39.1 Å². The molecule has 2 saturated heterocycles. The lowest BCUT2D eigenvalue weighted by Gasteiger charge is -2.43. The Morgan fingerprint density at radius 2 is 1.68 bits per heavy atom. The minimum atomic E-state index is -1.19. The molecule has 57 heavy (non-hydrogen) atoms. The van der Waals surface area contributed by atoms with Crippen LogP contribution in [0, 0.1) is 19.8 Å². The fourth-order valence-electron chi connectivity index (χ4n) is 9.03. The molecule has 2 aliphatic heterocycles. The van der Waals surface area contributed by atoms with Crippen molar-refractivity contribution in [3.05, 3.63) is 116 Å². The van der Waals surface area contributed by atoms with E-state index in [4.69, 9.17) is 9.97 Å². The number of carbonyl (C=O) groups excluding carboxylic acids is 2. The Morgan fingerprint density at radius 3 is 2.46 bits per heavy atom. The molecule has 292 valence electrons. The summed E-state index contributed by atoms with van der Waals surface area (Å²) in [6, 6.07) is 20.3. The summed E-state index contributed by atoms with van der Waals surface area (Å²) < 4.78 is 3.19. The molecule has 3 aliphatic rings. The Morgan fingerprint density at radius 1 is 0.912 bits per heavy atom. The molecular weight excluding hydrogens is 737 g/mol. The third-order valence-electron chi connectivity index (χ3n) is 12.2. The fraction of sp³-hybridized carbons (Fsp3) is 0.386. The van der Waals surface area contributed by atoms with E-state index < -0.39 is 5.60 Å². The van der Waals surface area contributed by atoms with Crippen molar-refractivity contribution in [2.75, 3.05) is 26.2 Å². The Hall–Kier alpha value is -5.53. The summed E-state index contributed by atoms with van der Waals surface area (Å²) in [5.41, 5.74) is 7.37. The first-order valence-electron chi connectivity index (χ1n) is 19.9. The maximum Gasteiger partial charge on any atom is 0.281 e. The first kappa shape index (κ1) is 37.1. The van der Waals surface area contributed by atoms with Crippen LogP contribution in [0.3, 0.4) is 0 Å². The van der Waals surface area contributed by atoms with E-state index in [-0.39, 0.29) is 41.3 Å². The van der Waals surface area contributed by atoms with Gasteiger partial charge in [0.1, 0.15) is 15.4 Å². The molecule has 0 saturated carbocycles. The van der Waals surface area contributed by atoms with E-state index in [1.165, 1.54) is 33.4 Å². The van der Waals surface area contributed by atoms with Gasteiger partial charge < -0.3 is 14.9 Å². The monoisotopic (exact) mass is 782 g/mol. The second kappa shape index (κ2) is 14.8. The molecule has 0 radical (unpaired) electrons. The highest BCUT2D eigenvalue weighted by atomic mass is 32.1. The number of aryl methyl sites for hydroxylation is 5. The summed E-state index contributed by atoms with van der Waals surface area (Å²) >= 11 is 1.38. The number of fused-ring (bicyclic) bond motifs is 2. The van der Waals surface area contributed by atoms with Crippen molar-refractivity contribution < 1.29 is 14.7 Å². The number of likely N-dealkylation sites (tertiary alicyclic amines) is 2. The highest BCUT2D eigenvalue weighted by molar-refractivity contribution is 7.17. The van der Waals surface area contributed by atoms with E-state index in [0.717, 1.165) is 52.3 Å². The van der Waals surface area contributed by atoms with Crippen LogP contribution in [0.2, 0.25) is 0 Å². The van der Waals surface area contributed by atoms with Gasteiger partial charge in [-0.25, -0.2) is 9.97 Å². The van der Waals surface area contributed by atoms with E-state index in [1.807, 2.05) is 73.2 Å². The largest absolute Gasteiger partial charge is 0.388 e. The van der Waals surface area contributed by atoms with Gasteiger partial charge in [-0.3, -0.25) is 28.6 Å². The van der Waals surface area contributed by atoms with Gasteiger partial charge in [-0.1, -0.05) is 42.5 Å². The molecule has 9 rings (SSSR count). The summed E-state index contributed by atoms with van der Waals surface area (Å²) in [5, 5.41) is 17.1. The van der Waals surface area contributed by atoms with Crippen LogP contribution >= 0.6 is 11.3 Å². The summed E-state index contributed by atoms with van der Waals surface area (Å²) in [7, 11) is 1.83. The normalized spacial score (nSPS) is 19.2. The molecule has 2 unspecified atom stereocenters. The number of nitrogens with zero attached hydrogens (tertiary/aromatic N) is 8. The summed E-state index contributed by atoms with van der Waals surface area (Å²) in [6.07, 6.45) is 7.78. The summed E-state index contributed by atoms with van der Waals surface area (Å²) in [6.45, 7) is 5.46. The SMILES string of the molecule is Cc1ccc(-c2nc(C)c(C(=O)N3CCC(C(=O)N4CCC(O)(Cn5cnc6c(-c7ccc8c(c7)CCC8)n(C)nc6c5=O)CC4)C(c4ccccc4)C3)s2)cn1. The minimum absolute atomic E-state index is 0.0361. The van der Waals surface area contributed by atoms with E-state index in [1.54, 1.807) is 10.9 Å². The number of aromatic nitrogens is 6. The predicted molar refractivity (Wildman–Crippen MR) is 219 cm³/mol. The van der Waals surface area contributed by atoms with E-state index in [2.05, 4.69) is 28.3 Å². The van der Waals surface area contributed by atoms with Crippen molar-refractivity contribution in [1.29, 1.82) is 0 Å². The molecule has 1 N–H and O–H groups in total. The fourth-order valence-corrected chi connectivity index (χ4v) is 10.1. The van der Waals surface area contributed by atoms with Crippen molar-refractivity contribution in [3.63, 3.8) is 0 Å². The zero-order chi connectivity index (χ0) is 39.4. The Kier molecular flexibility index (Phi) is 9.60. The maximum absolute atomic E-state index is 14.4. The number of hydrogen-bond donors (Lipinski definition) is 1. The highest BCUT2D eigenvalue weighted by Crippen LogP contribution is 2.38. The minimum Gasteiger partial charge on any atom is -0.388 e. The number of hydrogen-bond acceptors (Lipinski definition) is 9. The van der Waals surface area contributed by atoms with Gasteiger partial charge in [0.15, 0.2) is 5.52 Å². The lowest BCUT2D eigenvalue weighted by molar-refractivity contribution is -0.142. The van der Waals surface area contributed by atoms with E-state index in [0.29, 0.717) is 61.5 Å². The van der Waals surface area contributed by atoms with Crippen LogP contribution in [0.5, 0.6) is 0 Å². The van der Waals surface area contributed by atoms with Crippen molar-refractivity contribution in [3.8, 4) is 21.8 Å². The van der Waals surface area contributed by atoms with Gasteiger partial charge in [0, 0.05) is 68.1 Å². The number of amides is 2. The lowest BCUT2D eigenvalue weighted by atomic mass is 9.79. The van der Waals surface area contributed by atoms with Crippen LogP contribution in [0.1, 0.15) is 69.4 Å². The smallest absolute Gasteiger partial charge is 0.281 e. The first-order valence-corrected chi connectivity index (χ1v) is 20.7. The number of piperidine rings is 2. The number of aliphatic hydroxyl groups is 1. The Balaban J connectivity index is 0.886. The standard InChI is InChI=1S/C44H46N8O4S/c1-27-12-13-33(23-45-27)40-47-28(2)39(57-40)43(55)51-19-16-34(35(24-51)30-8-5-4-6-9-30)41(53)50-20-17-44(56,18-21-50)25-52-26-46-36-37(42(52)54)48-49(3)38(36)32-15-14-29-10-7-11-31(29)22-32/h4-6,8-9,12-15,22-23,26,34-35,56H,7,10-11,16-21,24-25H2,1-3H3. The third-order valence-corrected chi connectivity index (χ3v) is 13.4. The molecule has 2 aromatic carbocycles. The molecule has 6 heterocycles. The Bertz CT molecular complexity index is 2550. The molecule has 2 amide bonds. The second-order valence-corrected chi connectivity index (χ2v) is 17.0. The number of carbonyl (C=O) groups is 2. The zero-order valence-electron chi connectivity index (χ0n) is 32.5. The van der Waals surface area contributed by atoms with Crippen LogP contribution in [0.25, 0.3) is 32.9 Å². The predicted octanol–water partition coefficient (Wildman–Crippen LogP) is 5.72. The number of thiazole rings is 1. The van der Waals surface area contributed by atoms with Gasteiger partial charge >= 0.3 is 0 Å². The maximum atomic E-state index is 14.4. The molecule has 0 bridgehead atoms. The molecule has 13 heteroatoms. The zero-order valence-corrected chi connectivity index (χ0v) is 33.3. The molecule has 0 spiro atoms. The van der Waals surface area contributed by atoms with Gasteiger partial charge in [-0.15, -0.1) is 11.3 Å². The molecule has 12 nitrogen and oxygen atoms in total. The van der Waals surface area contributed by atoms with Crippen LogP contribution in [0.4, 0.5) is 0 Å². The highest BCUT2D eigenvalue weighted by Gasteiger charge is 2.42. The van der Waals surface area contributed by atoms with Gasteiger partial charge in [0.2, 0.25) is 5.91 Å². The van der Waals surface area contributed by atoms with Gasteiger partial charge in [0.25, 0.3) is 11.5 Å². The molecule has 2 atom stereocenters. The first-order chi connectivity index (χ1) is 27.5. The van der Waals surface area contributed by atoms with Crippen LogP contribution in [0.15, 0.2) is 78.0 Å². The van der Waals surface area contributed by atoms with E-state index >= 15 is 0 Å². The van der Waals surface area contributed by atoms with Crippen molar-refractivity contribution >= 4 is 34.2 Å². The Labute approximate surface area is 334 Å². The summed E-state index contributed by atoms with van der Waals surface area (Å²) in [5.74, 6) is -0.548. The van der Waals surface area contributed by atoms with E-state index in [9.17, 15) is 19.5 Å². The van der Waals surface area contributed by atoms with Gasteiger partial charge in [-0.2, -0.15) is 5.10 Å². The molecule has 4 aromatic heterocycles. The topological polar surface area (TPSA) is 139 Å². The average Bonchev–Trinajstić information content (AvgIpc) is 3.95. The number of rotatable bonds is 7. The molecule has 6 aromatic rings. The van der Waals surface area contributed by atoms with Crippen LogP contribution in [-0.2, 0) is 31.2 Å². The third kappa shape index (κ3) is 6.97. The molecular formula is C44H46N8O4S. The average molecular weight is 783 g/mol. The lowest BCUT2D eigenvalue weighted by Crippen LogP contribution is -2.53. The van der Waals surface area contributed by atoms with Crippen LogP contribution < -0.4 is 5.56 Å². The van der Waals surface area contributed by atoms with Crippen molar-refractivity contribution in [2.45, 2.75) is 70.4 Å². The molecule has 2 fully saturated rings. The van der Waals surface area contributed by atoms with Gasteiger partial charge in [0.05, 0.1) is 29.9 Å². The van der Waals surface area contributed by atoms with Crippen molar-refractivity contribution in [2.24, 2.45) is 13.0 Å². The summed E-state index contributed by atoms with van der Waals surface area (Å²) in [4.78, 5) is 60.3. The van der Waals surface area contributed by atoms with Gasteiger partial charge in [-0.05, 0) is 87.3 Å². The number of benzene rings is 2. The number of pyridine rings is 1. The molecule has 1 aliphatic carbocycles.